The highest BCUT2D eigenvalue weighted by molar-refractivity contribution is 7.51. The SMILES string of the molecule is N.N=C(NC=O)NC(=O)NC[C@@H](CO)OCP(=O)(O)O.NC(N)=NC(=O)NC[C@@H](CO)OCP(=O)(O)O.O. The number of nitrogens with one attached hydrogen (secondary N) is 5. The molecule has 0 aromatic carbocycles. The Labute approximate surface area is 215 Å². The number of aliphatic imine (C=N–C) groups is 1. The highest BCUT2D eigenvalue weighted by atomic mass is 31.2. The van der Waals surface area contributed by atoms with Crippen molar-refractivity contribution in [1.29, 1.82) is 5.41 Å². The molecule has 0 saturated carbocycles. The standard InChI is InChI=1S/C7H15N4O7P.C6H15N4O6P.H3N.H2O/c8-6(10-3-13)11-7(14)9-1-5(2-12)18-4-19(15,16)17;7-5(8)10-6(12)9-1-4(2-11)16-3-17(13,14)15;;/h3,5,12H,1-2,4H2,(H2,15,16,17)(H4,8,9,10,11,13,14);4,11H,1-3H2,(H2,13,14,15)(H5,7,8,9,10,12);1H3;1H2/t5-;4-;;/m00../s1. The fourth-order valence-electron chi connectivity index (χ4n) is 1.57. The van der Waals surface area contributed by atoms with Crippen LogP contribution in [0.2, 0.25) is 0 Å². The van der Waals surface area contributed by atoms with Gasteiger partial charge < -0.3 is 73.0 Å². The predicted octanol–water partition coefficient (Wildman–Crippen LogP) is -5.70. The minimum Gasteiger partial charge on any atom is -0.412 e. The molecule has 0 spiro atoms. The van der Waals surface area contributed by atoms with Crippen LogP contribution in [0.15, 0.2) is 4.99 Å². The van der Waals surface area contributed by atoms with E-state index >= 15 is 0 Å². The topological polar surface area (TPSA) is 428 Å². The second kappa shape index (κ2) is 22.2. The summed E-state index contributed by atoms with van der Waals surface area (Å²) in [5.74, 6) is -0.983. The van der Waals surface area contributed by atoms with Crippen LogP contribution in [0, 0.1) is 5.41 Å². The Morgan fingerprint density at radius 1 is 0.947 bits per heavy atom. The molecule has 0 aromatic heterocycles. The average Bonchev–Trinajstić information content (AvgIpc) is 2.72. The van der Waals surface area contributed by atoms with Crippen LogP contribution in [0.1, 0.15) is 0 Å². The Bertz CT molecular complexity index is 832. The fraction of sp³-hybridized carbons (Fsp3) is 0.615. The highest BCUT2D eigenvalue weighted by Crippen LogP contribution is 2.34. The Morgan fingerprint density at radius 2 is 1.37 bits per heavy atom. The van der Waals surface area contributed by atoms with Gasteiger partial charge in [0, 0.05) is 13.1 Å². The van der Waals surface area contributed by atoms with E-state index in [-0.39, 0.29) is 31.1 Å². The third-order valence-electron chi connectivity index (χ3n) is 3.01. The first-order chi connectivity index (χ1) is 16.5. The lowest BCUT2D eigenvalue weighted by molar-refractivity contribution is -0.108. The molecule has 0 unspecified atom stereocenters. The second-order valence-corrected chi connectivity index (χ2v) is 9.40. The van der Waals surface area contributed by atoms with Crippen LogP contribution in [-0.2, 0) is 23.4 Å². The summed E-state index contributed by atoms with van der Waals surface area (Å²) in [5.41, 5.74) is 9.86. The number of nitrogens with zero attached hydrogens (tertiary/aromatic N) is 1. The van der Waals surface area contributed by atoms with Gasteiger partial charge in [0.25, 0.3) is 0 Å². The molecule has 0 aliphatic carbocycles. The normalized spacial score (nSPS) is 11.9. The Hall–Kier alpha value is -2.79. The first kappa shape index (κ1) is 42.3. The smallest absolute Gasteiger partial charge is 0.350 e. The van der Waals surface area contributed by atoms with Gasteiger partial charge in [0.05, 0.1) is 25.4 Å². The van der Waals surface area contributed by atoms with Gasteiger partial charge in [-0.3, -0.25) is 30.0 Å². The van der Waals surface area contributed by atoms with Crippen LogP contribution >= 0.6 is 15.2 Å². The maximum absolute atomic E-state index is 11.1. The summed E-state index contributed by atoms with van der Waals surface area (Å²) in [5, 5.41) is 32.8. The molecule has 2 atom stereocenters. The van der Waals surface area contributed by atoms with Crippen molar-refractivity contribution >= 4 is 45.6 Å². The molecule has 0 radical (unpaired) electrons. The number of carbonyl (C=O) groups is 3. The summed E-state index contributed by atoms with van der Waals surface area (Å²) < 4.78 is 30.4. The molecule has 20 N–H and O–H groups in total. The number of amides is 5. The molecule has 38 heavy (non-hydrogen) atoms. The maximum atomic E-state index is 11.1. The zero-order valence-corrected chi connectivity index (χ0v) is 21.5. The maximum Gasteiger partial charge on any atom is 0.350 e. The van der Waals surface area contributed by atoms with E-state index in [1.54, 1.807) is 0 Å². The average molecular weight is 603 g/mol. The molecular weight excluding hydrogens is 568 g/mol. The van der Waals surface area contributed by atoms with E-state index in [0.717, 1.165) is 0 Å². The van der Waals surface area contributed by atoms with Crippen molar-refractivity contribution in [2.24, 2.45) is 16.5 Å². The first-order valence-electron chi connectivity index (χ1n) is 9.28. The number of guanidine groups is 2. The van der Waals surface area contributed by atoms with Crippen molar-refractivity contribution in [2.75, 3.05) is 39.0 Å². The summed E-state index contributed by atoms with van der Waals surface area (Å²) in [6, 6.07) is -1.69. The quantitative estimate of drug-likeness (QED) is 0.0403. The highest BCUT2D eigenvalue weighted by Gasteiger charge is 2.19. The monoisotopic (exact) mass is 603 g/mol. The van der Waals surface area contributed by atoms with Crippen molar-refractivity contribution in [3.8, 4) is 0 Å². The lowest BCUT2D eigenvalue weighted by Gasteiger charge is -2.16. The minimum absolute atomic E-state index is 0. The van der Waals surface area contributed by atoms with E-state index in [0.29, 0.717) is 0 Å². The first-order valence-corrected chi connectivity index (χ1v) is 12.9. The van der Waals surface area contributed by atoms with Gasteiger partial charge in [0.1, 0.15) is 12.7 Å². The number of carbonyl (C=O) groups excluding carboxylic acids is 3. The van der Waals surface area contributed by atoms with E-state index < -0.39 is 77.3 Å². The van der Waals surface area contributed by atoms with Crippen LogP contribution in [0.25, 0.3) is 0 Å². The van der Waals surface area contributed by atoms with Gasteiger partial charge in [0.2, 0.25) is 12.4 Å². The largest absolute Gasteiger partial charge is 0.412 e. The number of rotatable bonds is 13. The Morgan fingerprint density at radius 3 is 1.71 bits per heavy atom. The molecule has 0 heterocycles. The molecule has 226 valence electrons. The molecular formula is C13H35N9O14P2. The van der Waals surface area contributed by atoms with Gasteiger partial charge in [-0.05, 0) is 0 Å². The van der Waals surface area contributed by atoms with Crippen molar-refractivity contribution in [2.45, 2.75) is 12.2 Å². The zero-order valence-electron chi connectivity index (χ0n) is 19.7. The van der Waals surface area contributed by atoms with E-state index in [2.05, 4.69) is 25.1 Å². The summed E-state index contributed by atoms with van der Waals surface area (Å²) in [6.45, 7) is -1.52. The van der Waals surface area contributed by atoms with Crippen LogP contribution < -0.4 is 38.9 Å². The second-order valence-electron chi connectivity index (χ2n) is 6.23. The number of ether oxygens (including phenoxy) is 2. The van der Waals surface area contributed by atoms with Crippen molar-refractivity contribution in [3.63, 3.8) is 0 Å². The molecule has 0 aliphatic heterocycles. The number of hydrogen-bond donors (Lipinski definition) is 14. The van der Waals surface area contributed by atoms with Crippen LogP contribution in [-0.4, -0.2) is 117 Å². The molecule has 0 saturated heterocycles. The van der Waals surface area contributed by atoms with Crippen LogP contribution in [0.5, 0.6) is 0 Å². The molecule has 0 aromatic rings. The molecule has 0 rings (SSSR count). The molecule has 25 heteroatoms. The molecule has 0 fully saturated rings. The summed E-state index contributed by atoms with van der Waals surface area (Å²) in [7, 11) is -8.67. The Kier molecular flexibility index (Phi) is 24.7. The number of aliphatic hydroxyl groups excluding tert-OH is 2. The van der Waals surface area contributed by atoms with E-state index in [9.17, 15) is 23.5 Å². The number of nitrogens with two attached hydrogens (primary N) is 2. The van der Waals surface area contributed by atoms with E-state index in [1.165, 1.54) is 0 Å². The minimum atomic E-state index is -4.36. The summed E-state index contributed by atoms with van der Waals surface area (Å²) in [6.07, 6.45) is -3.50. The van der Waals surface area contributed by atoms with Gasteiger partial charge in [-0.2, -0.15) is 4.99 Å². The third kappa shape index (κ3) is 29.4. The number of urea groups is 2. The van der Waals surface area contributed by atoms with Crippen LogP contribution in [0.4, 0.5) is 9.59 Å². The lowest BCUT2D eigenvalue weighted by Crippen LogP contribution is -2.47. The van der Waals surface area contributed by atoms with E-state index in [4.69, 9.17) is 46.7 Å². The Balaban J connectivity index is -0.000000291. The number of hydrogen-bond acceptors (Lipinski definition) is 11. The predicted molar refractivity (Wildman–Crippen MR) is 129 cm³/mol. The van der Waals surface area contributed by atoms with Crippen LogP contribution in [0.3, 0.4) is 0 Å². The van der Waals surface area contributed by atoms with Crippen molar-refractivity contribution in [3.05, 3.63) is 0 Å². The summed E-state index contributed by atoms with van der Waals surface area (Å²) >= 11 is 0. The molecule has 5 amide bonds. The molecule has 0 bridgehead atoms. The van der Waals surface area contributed by atoms with Gasteiger partial charge in [-0.15, -0.1) is 0 Å². The van der Waals surface area contributed by atoms with Crippen molar-refractivity contribution in [1.82, 2.24) is 27.4 Å². The van der Waals surface area contributed by atoms with Crippen molar-refractivity contribution < 1.29 is 68.3 Å². The lowest BCUT2D eigenvalue weighted by atomic mass is 10.4. The third-order valence-corrected chi connectivity index (χ3v) is 3.98. The van der Waals surface area contributed by atoms with Gasteiger partial charge in [-0.1, -0.05) is 0 Å². The fourth-order valence-corrected chi connectivity index (χ4v) is 2.38. The zero-order chi connectivity index (χ0) is 28.4. The molecule has 23 nitrogen and oxygen atoms in total. The van der Waals surface area contributed by atoms with E-state index in [1.807, 2.05) is 10.6 Å². The van der Waals surface area contributed by atoms with Gasteiger partial charge >= 0.3 is 27.3 Å². The van der Waals surface area contributed by atoms with Gasteiger partial charge in [-0.25, -0.2) is 9.59 Å². The number of aliphatic hydroxyl groups is 2. The molecule has 0 aliphatic rings. The summed E-state index contributed by atoms with van der Waals surface area (Å²) in [4.78, 5) is 69.3. The van der Waals surface area contributed by atoms with Gasteiger partial charge in [0.15, 0.2) is 5.96 Å².